The number of benzene rings is 2. The van der Waals surface area contributed by atoms with Gasteiger partial charge in [-0.15, -0.1) is 0 Å². The maximum Gasteiger partial charge on any atom is 0.289 e. The molecule has 0 spiro atoms. The van der Waals surface area contributed by atoms with Gasteiger partial charge in [0.2, 0.25) is 0 Å². The van der Waals surface area contributed by atoms with Gasteiger partial charge in [-0.1, -0.05) is 6.92 Å². The van der Waals surface area contributed by atoms with Crippen molar-refractivity contribution in [1.82, 2.24) is 9.97 Å². The molecule has 0 saturated carbocycles. The van der Waals surface area contributed by atoms with Crippen molar-refractivity contribution in [1.29, 1.82) is 5.26 Å². The summed E-state index contributed by atoms with van der Waals surface area (Å²) in [7, 11) is 1.40. The Kier molecular flexibility index (Phi) is 6.76. The van der Waals surface area contributed by atoms with E-state index >= 15 is 8.78 Å². The fraction of sp³-hybridized carbons (Fsp3) is 0.222. The van der Waals surface area contributed by atoms with Crippen LogP contribution < -0.4 is 14.8 Å². The van der Waals surface area contributed by atoms with E-state index in [9.17, 15) is 14.8 Å². The van der Waals surface area contributed by atoms with Gasteiger partial charge in [0.1, 0.15) is 35.5 Å². The van der Waals surface area contributed by atoms with Gasteiger partial charge in [0, 0.05) is 46.6 Å². The van der Waals surface area contributed by atoms with Crippen LogP contribution in [0.25, 0.3) is 22.2 Å². The third-order valence-corrected chi connectivity index (χ3v) is 6.24. The summed E-state index contributed by atoms with van der Waals surface area (Å²) >= 11 is 0. The number of fused-ring (bicyclic) bond motifs is 1. The van der Waals surface area contributed by atoms with E-state index in [1.54, 1.807) is 13.0 Å². The molecule has 0 aliphatic carbocycles. The Morgan fingerprint density at radius 3 is 2.54 bits per heavy atom. The van der Waals surface area contributed by atoms with Gasteiger partial charge in [0.15, 0.2) is 23.1 Å². The normalized spacial score (nSPS) is 16.8. The number of nitriles is 1. The molecule has 1 aliphatic rings. The Morgan fingerprint density at radius 2 is 1.92 bits per heavy atom. The van der Waals surface area contributed by atoms with E-state index in [4.69, 9.17) is 14.2 Å². The molecule has 5 rings (SSSR count). The number of nitrogens with zero attached hydrogens (tertiary/aromatic N) is 3. The van der Waals surface area contributed by atoms with E-state index in [2.05, 4.69) is 20.3 Å². The minimum absolute atomic E-state index is 0.00622. The Labute approximate surface area is 220 Å². The second kappa shape index (κ2) is 10.2. The lowest BCUT2D eigenvalue weighted by atomic mass is 9.93. The van der Waals surface area contributed by atoms with Gasteiger partial charge in [0.05, 0.1) is 31.8 Å². The highest BCUT2D eigenvalue weighted by Gasteiger charge is 2.29. The Bertz CT molecular complexity index is 1630. The van der Waals surface area contributed by atoms with Gasteiger partial charge >= 0.3 is 0 Å². The zero-order valence-electron chi connectivity index (χ0n) is 20.8. The lowest BCUT2D eigenvalue weighted by molar-refractivity contribution is 0.0706. The third kappa shape index (κ3) is 4.92. The molecule has 0 amide bonds. The van der Waals surface area contributed by atoms with Crippen LogP contribution in [0, 0.1) is 34.2 Å². The quantitative estimate of drug-likeness (QED) is 0.312. The Morgan fingerprint density at radius 1 is 1.15 bits per heavy atom. The fourth-order valence-electron chi connectivity index (χ4n) is 4.03. The van der Waals surface area contributed by atoms with Crippen LogP contribution in [0.2, 0.25) is 0 Å². The molecule has 200 valence electrons. The van der Waals surface area contributed by atoms with Crippen LogP contribution in [0.3, 0.4) is 0 Å². The summed E-state index contributed by atoms with van der Waals surface area (Å²) in [6.45, 7) is 2.11. The molecule has 0 bridgehead atoms. The first-order valence-electron chi connectivity index (χ1n) is 11.7. The summed E-state index contributed by atoms with van der Waals surface area (Å²) < 4.78 is 61.4. The minimum atomic E-state index is -1.07. The van der Waals surface area contributed by atoms with Crippen molar-refractivity contribution < 1.29 is 32.5 Å². The molecule has 0 fully saturated rings. The number of anilines is 1. The number of ether oxygens (including phenoxy) is 3. The number of hydrogen-bond acceptors (Lipinski definition) is 8. The number of methoxy groups -OCH3 is 1. The molecular weight excluding hydrogens is 515 g/mol. The maximum atomic E-state index is 15.2. The number of aromatic nitrogens is 2. The first kappa shape index (κ1) is 25.9. The zero-order chi connectivity index (χ0) is 27.7. The first-order valence-corrected chi connectivity index (χ1v) is 11.7. The summed E-state index contributed by atoms with van der Waals surface area (Å²) in [6.07, 6.45) is 2.65. The standard InChI is InChI=1S/C27H22F3N5O4/c1-27(12-36)11-34-26(38-13-27)35-15-5-20(29)24(21(30)6-15)39-23-14(8-31)9-32-25-22(23)18(10-33-25)17-4-3-16(37-2)7-19(17)28/h3-7,9-10,36H,11-13H2,1-2H3,(H,32,33)(H,34,35). The number of rotatable bonds is 6. The predicted molar refractivity (Wildman–Crippen MR) is 136 cm³/mol. The Hall–Kier alpha value is -4.76. The number of H-pyrrole nitrogens is 1. The summed E-state index contributed by atoms with van der Waals surface area (Å²) in [5.74, 6) is -3.44. The lowest BCUT2D eigenvalue weighted by Gasteiger charge is -2.30. The van der Waals surface area contributed by atoms with Gasteiger partial charge in [-0.3, -0.25) is 0 Å². The number of halogens is 3. The van der Waals surface area contributed by atoms with E-state index in [0.717, 1.165) is 12.1 Å². The van der Waals surface area contributed by atoms with E-state index in [1.165, 1.54) is 31.6 Å². The molecule has 0 saturated heterocycles. The van der Waals surface area contributed by atoms with Crippen molar-refractivity contribution in [3.05, 3.63) is 65.7 Å². The van der Waals surface area contributed by atoms with Crippen molar-refractivity contribution in [2.24, 2.45) is 10.4 Å². The second-order valence-corrected chi connectivity index (χ2v) is 9.26. The minimum Gasteiger partial charge on any atom is -0.497 e. The molecular formula is C27H22F3N5O4. The van der Waals surface area contributed by atoms with Crippen LogP contribution in [0.1, 0.15) is 12.5 Å². The number of aliphatic hydroxyl groups excluding tert-OH is 1. The number of nitrogens with one attached hydrogen (secondary N) is 2. The molecule has 39 heavy (non-hydrogen) atoms. The van der Waals surface area contributed by atoms with Gasteiger partial charge in [-0.2, -0.15) is 5.26 Å². The number of aliphatic hydroxyl groups is 1. The molecule has 2 aromatic heterocycles. The van der Waals surface area contributed by atoms with Gasteiger partial charge in [-0.05, 0) is 12.1 Å². The smallest absolute Gasteiger partial charge is 0.289 e. The average molecular weight is 537 g/mol. The van der Waals surface area contributed by atoms with E-state index in [0.29, 0.717) is 5.75 Å². The SMILES string of the molecule is COc1ccc(-c2c[nH]c3ncc(C#N)c(Oc4c(F)cc(NC5=NCC(C)(CO)CO5)cc4F)c23)c(F)c1. The number of aromatic amines is 1. The van der Waals surface area contributed by atoms with Crippen molar-refractivity contribution >= 4 is 22.7 Å². The molecule has 1 aliphatic heterocycles. The molecule has 0 radical (unpaired) electrons. The van der Waals surface area contributed by atoms with Crippen molar-refractivity contribution in [3.63, 3.8) is 0 Å². The van der Waals surface area contributed by atoms with Crippen molar-refractivity contribution in [3.8, 4) is 34.4 Å². The van der Waals surface area contributed by atoms with E-state index in [-0.39, 0.29) is 64.9 Å². The highest BCUT2D eigenvalue weighted by molar-refractivity contribution is 5.99. The van der Waals surface area contributed by atoms with Crippen LogP contribution in [0.15, 0.2) is 47.7 Å². The molecule has 3 N–H and O–H groups in total. The Balaban J connectivity index is 1.52. The highest BCUT2D eigenvalue weighted by Crippen LogP contribution is 2.41. The fourth-order valence-corrected chi connectivity index (χ4v) is 4.03. The number of amidine groups is 1. The summed E-state index contributed by atoms with van der Waals surface area (Å²) in [5.41, 5.74) is -0.0296. The number of hydrogen-bond donors (Lipinski definition) is 3. The highest BCUT2D eigenvalue weighted by atomic mass is 19.1. The largest absolute Gasteiger partial charge is 0.497 e. The zero-order valence-corrected chi connectivity index (χ0v) is 20.8. The van der Waals surface area contributed by atoms with Crippen LogP contribution in [-0.4, -0.2) is 48.0 Å². The van der Waals surface area contributed by atoms with Crippen LogP contribution in [0.4, 0.5) is 18.9 Å². The maximum absolute atomic E-state index is 15.2. The molecule has 3 heterocycles. The van der Waals surface area contributed by atoms with Gasteiger partial charge in [-0.25, -0.2) is 23.1 Å². The summed E-state index contributed by atoms with van der Waals surface area (Å²) in [4.78, 5) is 11.2. The lowest BCUT2D eigenvalue weighted by Crippen LogP contribution is -2.38. The molecule has 1 atom stereocenters. The van der Waals surface area contributed by atoms with E-state index < -0.39 is 28.6 Å². The second-order valence-electron chi connectivity index (χ2n) is 9.26. The first-order chi connectivity index (χ1) is 18.7. The molecule has 1 unspecified atom stereocenters. The number of aliphatic imine (C=N–C) groups is 1. The predicted octanol–water partition coefficient (Wildman–Crippen LogP) is 5.12. The van der Waals surface area contributed by atoms with Crippen molar-refractivity contribution in [2.75, 3.05) is 32.2 Å². The summed E-state index contributed by atoms with van der Waals surface area (Å²) in [5, 5.41) is 22.0. The molecule has 9 nitrogen and oxygen atoms in total. The number of pyridine rings is 1. The van der Waals surface area contributed by atoms with Gasteiger partial charge < -0.3 is 29.6 Å². The van der Waals surface area contributed by atoms with Crippen LogP contribution in [-0.2, 0) is 4.74 Å². The topological polar surface area (TPSA) is 125 Å². The monoisotopic (exact) mass is 537 g/mol. The molecule has 4 aromatic rings. The average Bonchev–Trinajstić information content (AvgIpc) is 3.36. The van der Waals surface area contributed by atoms with Crippen LogP contribution >= 0.6 is 0 Å². The van der Waals surface area contributed by atoms with Gasteiger partial charge in [0.25, 0.3) is 6.02 Å². The van der Waals surface area contributed by atoms with E-state index in [1.807, 2.05) is 6.07 Å². The van der Waals surface area contributed by atoms with Crippen LogP contribution in [0.5, 0.6) is 17.2 Å². The molecule has 12 heteroatoms. The third-order valence-electron chi connectivity index (χ3n) is 6.24. The van der Waals surface area contributed by atoms with Crippen molar-refractivity contribution in [2.45, 2.75) is 6.92 Å². The summed E-state index contributed by atoms with van der Waals surface area (Å²) in [6, 6.07) is 8.13. The molecule has 2 aromatic carbocycles.